The number of piperidine rings is 1. The number of halogens is 3. The van der Waals surface area contributed by atoms with Gasteiger partial charge >= 0.3 is 6.18 Å². The van der Waals surface area contributed by atoms with Crippen LogP contribution in [-0.4, -0.2) is 46.1 Å². The molecule has 0 bridgehead atoms. The van der Waals surface area contributed by atoms with Gasteiger partial charge in [0.05, 0.1) is 17.4 Å². The molecule has 1 aromatic heterocycles. The fourth-order valence-corrected chi connectivity index (χ4v) is 3.57. The van der Waals surface area contributed by atoms with Gasteiger partial charge in [-0.05, 0) is 38.3 Å². The summed E-state index contributed by atoms with van der Waals surface area (Å²) in [5.41, 5.74) is -0.420. The van der Waals surface area contributed by atoms with Crippen LogP contribution in [0, 0.1) is 12.8 Å². The third kappa shape index (κ3) is 4.66. The zero-order valence-corrected chi connectivity index (χ0v) is 17.0. The third-order valence-corrected chi connectivity index (χ3v) is 5.25. The van der Waals surface area contributed by atoms with Gasteiger partial charge in [0.15, 0.2) is 5.69 Å². The largest absolute Gasteiger partial charge is 0.434 e. The van der Waals surface area contributed by atoms with Crippen LogP contribution in [0.5, 0.6) is 0 Å². The lowest BCUT2D eigenvalue weighted by Gasteiger charge is -2.31. The molecule has 0 atom stereocenters. The average Bonchev–Trinajstić information content (AvgIpc) is 3.18. The standard InChI is InChI=1S/C21H25F3N4O2/c1-3-10-25-19(29)15-8-11-27(12-9-15)20(30)17-13-26-28(18(17)21(22,23)24)16-6-4-14(2)5-7-16/h4-7,13,15H,3,8-12H2,1-2H3,(H,25,29). The minimum atomic E-state index is -4.75. The van der Waals surface area contributed by atoms with Crippen LogP contribution in [0.3, 0.4) is 0 Å². The first-order valence-corrected chi connectivity index (χ1v) is 10.0. The molecule has 0 radical (unpaired) electrons. The highest BCUT2D eigenvalue weighted by Gasteiger charge is 2.42. The van der Waals surface area contributed by atoms with E-state index >= 15 is 0 Å². The normalized spacial score (nSPS) is 15.3. The second-order valence-corrected chi connectivity index (χ2v) is 7.51. The minimum absolute atomic E-state index is 0.0629. The van der Waals surface area contributed by atoms with Gasteiger partial charge in [0.2, 0.25) is 5.91 Å². The number of alkyl halides is 3. The predicted molar refractivity (Wildman–Crippen MR) is 105 cm³/mol. The van der Waals surface area contributed by atoms with Gasteiger partial charge in [0.25, 0.3) is 5.91 Å². The molecule has 1 aliphatic heterocycles. The van der Waals surface area contributed by atoms with E-state index in [-0.39, 0.29) is 30.6 Å². The van der Waals surface area contributed by atoms with Crippen LogP contribution in [0.15, 0.2) is 30.5 Å². The summed E-state index contributed by atoms with van der Waals surface area (Å²) in [6.07, 6.45) is -2.09. The van der Waals surface area contributed by atoms with Gasteiger partial charge in [-0.2, -0.15) is 18.3 Å². The lowest BCUT2D eigenvalue weighted by Crippen LogP contribution is -2.43. The molecule has 2 amide bonds. The van der Waals surface area contributed by atoms with E-state index in [1.165, 1.54) is 17.0 Å². The van der Waals surface area contributed by atoms with Gasteiger partial charge in [-0.15, -0.1) is 0 Å². The molecule has 0 aliphatic carbocycles. The van der Waals surface area contributed by atoms with Crippen molar-refractivity contribution in [2.45, 2.75) is 39.3 Å². The molecular weight excluding hydrogens is 397 g/mol. The van der Waals surface area contributed by atoms with Crippen LogP contribution in [0.25, 0.3) is 5.69 Å². The molecule has 2 aromatic rings. The van der Waals surface area contributed by atoms with Crippen LogP contribution >= 0.6 is 0 Å². The van der Waals surface area contributed by atoms with Gasteiger partial charge in [-0.1, -0.05) is 24.6 Å². The molecule has 0 spiro atoms. The lowest BCUT2D eigenvalue weighted by molar-refractivity contribution is -0.143. The second-order valence-electron chi connectivity index (χ2n) is 7.51. The zero-order chi connectivity index (χ0) is 21.9. The number of carbonyl (C=O) groups is 2. The Morgan fingerprint density at radius 2 is 1.80 bits per heavy atom. The highest BCUT2D eigenvalue weighted by molar-refractivity contribution is 5.95. The molecule has 1 fully saturated rings. The van der Waals surface area contributed by atoms with E-state index in [4.69, 9.17) is 0 Å². The molecule has 1 aromatic carbocycles. The topological polar surface area (TPSA) is 67.2 Å². The summed E-state index contributed by atoms with van der Waals surface area (Å²) >= 11 is 0. The molecule has 3 rings (SSSR count). The van der Waals surface area contributed by atoms with E-state index in [9.17, 15) is 22.8 Å². The molecule has 6 nitrogen and oxygen atoms in total. The van der Waals surface area contributed by atoms with Gasteiger partial charge in [-0.3, -0.25) is 9.59 Å². The maximum Gasteiger partial charge on any atom is 0.434 e. The Hall–Kier alpha value is -2.84. The van der Waals surface area contributed by atoms with Gasteiger partial charge in [-0.25, -0.2) is 4.68 Å². The SMILES string of the molecule is CCCNC(=O)C1CCN(C(=O)c2cnn(-c3ccc(C)cc3)c2C(F)(F)F)CC1. The van der Waals surface area contributed by atoms with Crippen LogP contribution in [0.1, 0.15) is 47.8 Å². The summed E-state index contributed by atoms with van der Waals surface area (Å²) in [4.78, 5) is 26.4. The van der Waals surface area contributed by atoms with Crippen molar-refractivity contribution in [1.29, 1.82) is 0 Å². The fraction of sp³-hybridized carbons (Fsp3) is 0.476. The summed E-state index contributed by atoms with van der Waals surface area (Å²) in [5, 5.41) is 6.69. The highest BCUT2D eigenvalue weighted by atomic mass is 19.4. The number of rotatable bonds is 5. The number of nitrogens with one attached hydrogen (secondary N) is 1. The Labute approximate surface area is 173 Å². The number of aryl methyl sites for hydroxylation is 1. The first kappa shape index (κ1) is 21.9. The maximum absolute atomic E-state index is 13.8. The van der Waals surface area contributed by atoms with Crippen molar-refractivity contribution in [1.82, 2.24) is 20.0 Å². The van der Waals surface area contributed by atoms with Crippen molar-refractivity contribution in [3.8, 4) is 5.69 Å². The van der Waals surface area contributed by atoms with E-state index in [1.54, 1.807) is 12.1 Å². The van der Waals surface area contributed by atoms with Crippen molar-refractivity contribution in [3.05, 3.63) is 47.3 Å². The quantitative estimate of drug-likeness (QED) is 0.801. The fourth-order valence-electron chi connectivity index (χ4n) is 3.57. The van der Waals surface area contributed by atoms with E-state index in [1.807, 2.05) is 13.8 Å². The minimum Gasteiger partial charge on any atom is -0.356 e. The Morgan fingerprint density at radius 1 is 1.17 bits per heavy atom. The van der Waals surface area contributed by atoms with Gasteiger partial charge < -0.3 is 10.2 Å². The van der Waals surface area contributed by atoms with E-state index in [0.717, 1.165) is 22.9 Å². The molecule has 9 heteroatoms. The van der Waals surface area contributed by atoms with Crippen molar-refractivity contribution >= 4 is 11.8 Å². The Morgan fingerprint density at radius 3 is 2.37 bits per heavy atom. The first-order valence-electron chi connectivity index (χ1n) is 10.0. The highest BCUT2D eigenvalue weighted by Crippen LogP contribution is 2.34. The number of carbonyl (C=O) groups excluding carboxylic acids is 2. The number of likely N-dealkylation sites (tertiary alicyclic amines) is 1. The summed E-state index contributed by atoms with van der Waals surface area (Å²) in [6.45, 7) is 4.84. The molecule has 0 saturated carbocycles. The number of aromatic nitrogens is 2. The van der Waals surface area contributed by atoms with Crippen molar-refractivity contribution in [2.75, 3.05) is 19.6 Å². The van der Waals surface area contributed by atoms with Crippen molar-refractivity contribution in [3.63, 3.8) is 0 Å². The van der Waals surface area contributed by atoms with Crippen molar-refractivity contribution in [2.24, 2.45) is 5.92 Å². The molecule has 1 aliphatic rings. The second kappa shape index (κ2) is 8.89. The Bertz CT molecular complexity index is 898. The summed E-state index contributed by atoms with van der Waals surface area (Å²) in [7, 11) is 0. The van der Waals surface area contributed by atoms with Gasteiger partial charge in [0.1, 0.15) is 0 Å². The number of benzene rings is 1. The van der Waals surface area contributed by atoms with E-state index in [0.29, 0.717) is 19.4 Å². The molecule has 0 unspecified atom stereocenters. The summed E-state index contributed by atoms with van der Waals surface area (Å²) in [5.74, 6) is -1.00. The van der Waals surface area contributed by atoms with Crippen LogP contribution in [0.4, 0.5) is 13.2 Å². The first-order chi connectivity index (χ1) is 14.2. The maximum atomic E-state index is 13.8. The Kier molecular flexibility index (Phi) is 6.48. The number of amides is 2. The summed E-state index contributed by atoms with van der Waals surface area (Å²) in [6, 6.07) is 6.44. The van der Waals surface area contributed by atoms with Gasteiger partial charge in [0, 0.05) is 25.6 Å². The number of nitrogens with zero attached hydrogens (tertiary/aromatic N) is 3. The molecule has 1 N–H and O–H groups in total. The smallest absolute Gasteiger partial charge is 0.356 e. The molecule has 2 heterocycles. The van der Waals surface area contributed by atoms with Crippen molar-refractivity contribution < 1.29 is 22.8 Å². The van der Waals surface area contributed by atoms with E-state index in [2.05, 4.69) is 10.4 Å². The average molecular weight is 422 g/mol. The summed E-state index contributed by atoms with van der Waals surface area (Å²) < 4.78 is 42.3. The monoisotopic (exact) mass is 422 g/mol. The molecular formula is C21H25F3N4O2. The van der Waals surface area contributed by atoms with Crippen LogP contribution in [0.2, 0.25) is 0 Å². The molecule has 162 valence electrons. The molecule has 30 heavy (non-hydrogen) atoms. The molecule has 1 saturated heterocycles. The zero-order valence-electron chi connectivity index (χ0n) is 17.0. The number of hydrogen-bond acceptors (Lipinski definition) is 3. The lowest BCUT2D eigenvalue weighted by atomic mass is 9.95. The van der Waals surface area contributed by atoms with E-state index < -0.39 is 23.3 Å². The van der Waals surface area contributed by atoms with Crippen LogP contribution in [-0.2, 0) is 11.0 Å². The van der Waals surface area contributed by atoms with Crippen LogP contribution < -0.4 is 5.32 Å². The third-order valence-electron chi connectivity index (χ3n) is 5.25. The number of hydrogen-bond donors (Lipinski definition) is 1. The Balaban J connectivity index is 1.80. The predicted octanol–water partition coefficient (Wildman–Crippen LogP) is 3.58.